The van der Waals surface area contributed by atoms with Gasteiger partial charge in [0.05, 0.1) is 12.6 Å². The van der Waals surface area contributed by atoms with Crippen LogP contribution in [0.1, 0.15) is 24.0 Å². The van der Waals surface area contributed by atoms with Crippen molar-refractivity contribution in [2.45, 2.75) is 38.0 Å². The highest BCUT2D eigenvalue weighted by Gasteiger charge is 2.47. The number of rotatable bonds is 4. The highest BCUT2D eigenvalue weighted by molar-refractivity contribution is 6.35. The molecular weight excluding hydrogens is 441 g/mol. The summed E-state index contributed by atoms with van der Waals surface area (Å²) in [5.74, 6) is 1.08. The zero-order valence-electron chi connectivity index (χ0n) is 16.6. The topological polar surface area (TPSA) is 71.1 Å². The molecule has 0 bridgehead atoms. The van der Waals surface area contributed by atoms with Gasteiger partial charge >= 0.3 is 6.03 Å². The molecule has 2 aromatic carbocycles. The van der Waals surface area contributed by atoms with E-state index in [9.17, 15) is 9.59 Å². The predicted octanol–water partition coefficient (Wildman–Crippen LogP) is 3.81. The molecule has 31 heavy (non-hydrogen) atoms. The zero-order valence-corrected chi connectivity index (χ0v) is 18.2. The minimum absolute atomic E-state index is 0.157. The van der Waals surface area contributed by atoms with Crippen molar-refractivity contribution in [3.63, 3.8) is 0 Å². The fraction of sp³-hybridized carbons (Fsp3) is 0.364. The van der Waals surface area contributed by atoms with Gasteiger partial charge in [0, 0.05) is 16.6 Å². The van der Waals surface area contributed by atoms with Crippen molar-refractivity contribution in [1.82, 2.24) is 15.1 Å². The number of urea groups is 1. The van der Waals surface area contributed by atoms with Crippen LogP contribution in [0.15, 0.2) is 36.4 Å². The van der Waals surface area contributed by atoms with Crippen LogP contribution in [0.5, 0.6) is 11.5 Å². The average Bonchev–Trinajstić information content (AvgIpc) is 3.23. The Morgan fingerprint density at radius 3 is 2.71 bits per heavy atom. The molecule has 2 fully saturated rings. The number of carbonyl (C=O) groups excluding carboxylic acids is 2. The second-order valence-electron chi connectivity index (χ2n) is 7.90. The van der Waals surface area contributed by atoms with Gasteiger partial charge < -0.3 is 19.7 Å². The van der Waals surface area contributed by atoms with Crippen molar-refractivity contribution in [2.24, 2.45) is 0 Å². The number of fused-ring (bicyclic) bond motifs is 2. The Hall–Kier alpha value is -2.48. The normalized spacial score (nSPS) is 22.6. The second-order valence-corrected chi connectivity index (χ2v) is 8.74. The number of piperidine rings is 1. The minimum Gasteiger partial charge on any atom is -0.454 e. The van der Waals surface area contributed by atoms with Crippen molar-refractivity contribution in [2.75, 3.05) is 13.3 Å². The number of benzene rings is 2. The lowest BCUT2D eigenvalue weighted by Gasteiger charge is -2.47. The largest absolute Gasteiger partial charge is 0.454 e. The third-order valence-corrected chi connectivity index (χ3v) is 6.56. The number of nitrogens with zero attached hydrogens (tertiary/aromatic N) is 2. The smallest absolute Gasteiger partial charge is 0.327 e. The molecule has 162 valence electrons. The van der Waals surface area contributed by atoms with E-state index in [1.54, 1.807) is 23.1 Å². The van der Waals surface area contributed by atoms with Crippen LogP contribution in [-0.4, -0.2) is 47.2 Å². The van der Waals surface area contributed by atoms with E-state index in [-0.39, 0.29) is 31.3 Å². The van der Waals surface area contributed by atoms with E-state index < -0.39 is 6.04 Å². The number of nitrogens with one attached hydrogen (secondary N) is 1. The lowest BCUT2D eigenvalue weighted by Crippen LogP contribution is -2.68. The van der Waals surface area contributed by atoms with Gasteiger partial charge in [-0.05, 0) is 54.8 Å². The third-order valence-electron chi connectivity index (χ3n) is 5.97. The number of amides is 3. The zero-order chi connectivity index (χ0) is 21.5. The van der Waals surface area contributed by atoms with Gasteiger partial charge in [-0.25, -0.2) is 4.79 Å². The van der Waals surface area contributed by atoms with Gasteiger partial charge in [-0.1, -0.05) is 35.3 Å². The Bertz CT molecular complexity index is 1050. The van der Waals surface area contributed by atoms with Crippen LogP contribution in [0.3, 0.4) is 0 Å². The fourth-order valence-corrected chi connectivity index (χ4v) is 4.87. The molecule has 0 radical (unpaired) electrons. The standard InChI is InChI=1S/C22H21Cl2N3O4/c23-15-5-4-14(16(24)9-15)11-26-17-2-1-7-25-20(17)21(28)27(22(26)29)10-13-3-6-18-19(8-13)31-12-30-18/h3-6,8-9,17,20,25H,1-2,7,10-12H2. The van der Waals surface area contributed by atoms with Crippen molar-refractivity contribution in [1.29, 1.82) is 0 Å². The van der Waals surface area contributed by atoms with E-state index in [0.29, 0.717) is 28.1 Å². The summed E-state index contributed by atoms with van der Waals surface area (Å²) in [7, 11) is 0. The number of hydrogen-bond acceptors (Lipinski definition) is 5. The molecule has 3 amide bonds. The van der Waals surface area contributed by atoms with Crippen molar-refractivity contribution < 1.29 is 19.1 Å². The summed E-state index contributed by atoms with van der Waals surface area (Å²) < 4.78 is 10.8. The van der Waals surface area contributed by atoms with Crippen LogP contribution in [-0.2, 0) is 17.9 Å². The monoisotopic (exact) mass is 461 g/mol. The second kappa shape index (κ2) is 8.22. The van der Waals surface area contributed by atoms with Gasteiger partial charge in [-0.2, -0.15) is 0 Å². The minimum atomic E-state index is -0.438. The van der Waals surface area contributed by atoms with Gasteiger partial charge in [0.2, 0.25) is 12.7 Å². The van der Waals surface area contributed by atoms with Crippen molar-refractivity contribution in [3.05, 3.63) is 57.6 Å². The van der Waals surface area contributed by atoms with Crippen molar-refractivity contribution in [3.8, 4) is 11.5 Å². The molecule has 3 aliphatic rings. The van der Waals surface area contributed by atoms with E-state index in [1.165, 1.54) is 4.90 Å². The summed E-state index contributed by atoms with van der Waals surface area (Å²) in [5, 5.41) is 4.34. The molecule has 2 saturated heterocycles. The van der Waals surface area contributed by atoms with Crippen LogP contribution >= 0.6 is 23.2 Å². The maximum absolute atomic E-state index is 13.5. The summed E-state index contributed by atoms with van der Waals surface area (Å²) in [6.07, 6.45) is 1.66. The fourth-order valence-electron chi connectivity index (χ4n) is 4.40. The van der Waals surface area contributed by atoms with E-state index in [0.717, 1.165) is 30.5 Å². The molecule has 1 N–H and O–H groups in total. The molecule has 2 unspecified atom stereocenters. The molecule has 3 heterocycles. The van der Waals surface area contributed by atoms with E-state index in [1.807, 2.05) is 18.2 Å². The Morgan fingerprint density at radius 1 is 1.03 bits per heavy atom. The van der Waals surface area contributed by atoms with E-state index in [4.69, 9.17) is 32.7 Å². The molecule has 0 saturated carbocycles. The van der Waals surface area contributed by atoms with Crippen LogP contribution in [0.25, 0.3) is 0 Å². The maximum Gasteiger partial charge on any atom is 0.327 e. The molecule has 2 aromatic rings. The summed E-state index contributed by atoms with van der Waals surface area (Å²) in [6, 6.07) is 9.71. The first-order valence-corrected chi connectivity index (χ1v) is 10.9. The Kier molecular flexibility index (Phi) is 5.42. The Balaban J connectivity index is 1.44. The lowest BCUT2D eigenvalue weighted by atomic mass is 9.92. The summed E-state index contributed by atoms with van der Waals surface area (Å²) >= 11 is 12.4. The molecular formula is C22H21Cl2N3O4. The number of halogens is 2. The molecule has 2 atom stereocenters. The third kappa shape index (κ3) is 3.82. The average molecular weight is 462 g/mol. The van der Waals surface area contributed by atoms with E-state index in [2.05, 4.69) is 5.32 Å². The molecule has 5 rings (SSSR count). The molecule has 9 heteroatoms. The van der Waals surface area contributed by atoms with Gasteiger partial charge in [-0.3, -0.25) is 9.69 Å². The Labute approximate surface area is 189 Å². The van der Waals surface area contributed by atoms with Crippen LogP contribution in [0.4, 0.5) is 4.79 Å². The lowest BCUT2D eigenvalue weighted by molar-refractivity contribution is -0.137. The predicted molar refractivity (Wildman–Crippen MR) is 115 cm³/mol. The van der Waals surface area contributed by atoms with E-state index >= 15 is 0 Å². The number of imide groups is 1. The number of ether oxygens (including phenoxy) is 2. The van der Waals surface area contributed by atoms with Crippen LogP contribution in [0.2, 0.25) is 10.0 Å². The molecule has 7 nitrogen and oxygen atoms in total. The molecule has 0 aliphatic carbocycles. The van der Waals surface area contributed by atoms with Crippen molar-refractivity contribution >= 4 is 35.1 Å². The highest BCUT2D eigenvalue weighted by Crippen LogP contribution is 2.34. The molecule has 0 aromatic heterocycles. The highest BCUT2D eigenvalue weighted by atomic mass is 35.5. The molecule has 0 spiro atoms. The molecule has 3 aliphatic heterocycles. The quantitative estimate of drug-likeness (QED) is 0.749. The van der Waals surface area contributed by atoms with Gasteiger partial charge in [0.15, 0.2) is 11.5 Å². The summed E-state index contributed by atoms with van der Waals surface area (Å²) in [4.78, 5) is 29.8. The summed E-state index contributed by atoms with van der Waals surface area (Å²) in [5.41, 5.74) is 1.59. The first-order chi connectivity index (χ1) is 15.0. The Morgan fingerprint density at radius 2 is 1.87 bits per heavy atom. The first-order valence-electron chi connectivity index (χ1n) is 10.2. The number of carbonyl (C=O) groups is 2. The SMILES string of the molecule is O=C1C2NCCCC2N(Cc2ccc(Cl)cc2Cl)C(=O)N1Cc1ccc2c(c1)OCO2. The van der Waals surface area contributed by atoms with Crippen LogP contribution < -0.4 is 14.8 Å². The maximum atomic E-state index is 13.5. The van der Waals surface area contributed by atoms with Gasteiger partial charge in [-0.15, -0.1) is 0 Å². The first kappa shape index (κ1) is 20.4. The van der Waals surface area contributed by atoms with Crippen LogP contribution in [0, 0.1) is 0 Å². The summed E-state index contributed by atoms with van der Waals surface area (Å²) in [6.45, 7) is 1.38. The van der Waals surface area contributed by atoms with Gasteiger partial charge in [0.25, 0.3) is 0 Å². The number of hydrogen-bond donors (Lipinski definition) is 1. The van der Waals surface area contributed by atoms with Gasteiger partial charge in [0.1, 0.15) is 6.04 Å².